The number of aliphatic carboxylic acids is 4. The number of hydrogen-bond acceptors (Lipinski definition) is 14. The minimum atomic E-state index is -4.48. The molecule has 0 aromatic rings. The Hall–Kier alpha value is -1.49. The Labute approximate surface area is 292 Å². The van der Waals surface area contributed by atoms with Gasteiger partial charge in [-0.3, -0.25) is 33.2 Å². The summed E-state index contributed by atoms with van der Waals surface area (Å²) in [4.78, 5) is 44.4. The topological polar surface area (TPSA) is 309 Å². The largest absolute Gasteiger partial charge is 1.00 e. The molecule has 0 fully saturated rings. The number of carboxylic acids is 4. The van der Waals surface area contributed by atoms with Crippen LogP contribution in [0.5, 0.6) is 0 Å². The first kappa shape index (κ1) is 51.3. The van der Waals surface area contributed by atoms with E-state index >= 15 is 0 Å². The Morgan fingerprint density at radius 3 is 1.15 bits per heavy atom. The van der Waals surface area contributed by atoms with E-state index in [1.54, 1.807) is 0 Å². The molecule has 0 aliphatic heterocycles. The Morgan fingerprint density at radius 2 is 0.935 bits per heavy atom. The standard InChI is InChI=1S/C12H26O4S.C10H16N2O8.C4H11NO3.Na/c1-2-3-4-5-6-7-8-9-10-11-12-16-17(13,14)15;13-7(14)3-11(4-8(15)16)1-2-12(5-9(17)18)6-10(19)20;5-4(1-6,2-7)3-8;/h2-12H2,1H3,(H,13,14,15);1-6H2,(H,13,14)(H,15,16)(H,17,18)(H,19,20);6-8H,1-3,5H2;/q;;;+1/p-1. The fourth-order valence-corrected chi connectivity index (χ4v) is 3.70. The van der Waals surface area contributed by atoms with Crippen molar-refractivity contribution in [2.75, 3.05) is 65.7 Å². The molecule has 0 atom stereocenters. The van der Waals surface area contributed by atoms with Crippen LogP contribution < -0.4 is 35.3 Å². The number of carboxylic acid groups (broad SMARTS) is 4. The maximum Gasteiger partial charge on any atom is 1.00 e. The van der Waals surface area contributed by atoms with Gasteiger partial charge >= 0.3 is 53.4 Å². The smallest absolute Gasteiger partial charge is 0.726 e. The van der Waals surface area contributed by atoms with Crippen molar-refractivity contribution in [3.63, 3.8) is 0 Å². The van der Waals surface area contributed by atoms with Gasteiger partial charge in [-0.15, -0.1) is 0 Å². The maximum atomic E-state index is 10.6. The number of aliphatic hydroxyl groups excluding tert-OH is 3. The van der Waals surface area contributed by atoms with Crippen molar-refractivity contribution in [3.8, 4) is 0 Å². The minimum absolute atomic E-state index is 0. The van der Waals surface area contributed by atoms with Gasteiger partial charge in [0.1, 0.15) is 0 Å². The van der Waals surface area contributed by atoms with Crippen molar-refractivity contribution >= 4 is 34.3 Å². The molecule has 0 aromatic heterocycles. The molecule has 20 heteroatoms. The van der Waals surface area contributed by atoms with Crippen LogP contribution in [0.3, 0.4) is 0 Å². The maximum absolute atomic E-state index is 10.6. The molecule has 46 heavy (non-hydrogen) atoms. The molecular formula is C26H52N3NaO15S. The molecule has 0 aliphatic rings. The minimum Gasteiger partial charge on any atom is -0.726 e. The number of aliphatic hydroxyl groups is 3. The van der Waals surface area contributed by atoms with E-state index < -0.39 is 85.8 Å². The van der Waals surface area contributed by atoms with E-state index in [0.717, 1.165) is 22.6 Å². The molecule has 0 saturated heterocycles. The van der Waals surface area contributed by atoms with Gasteiger partial charge in [0.2, 0.25) is 10.4 Å². The van der Waals surface area contributed by atoms with E-state index in [4.69, 9.17) is 41.5 Å². The van der Waals surface area contributed by atoms with Gasteiger partial charge in [0, 0.05) is 13.1 Å². The summed E-state index contributed by atoms with van der Waals surface area (Å²) in [6.07, 6.45) is 11.7. The fraction of sp³-hybridized carbons (Fsp3) is 0.846. The first-order valence-corrected chi connectivity index (χ1v) is 15.8. The third-order valence-corrected chi connectivity index (χ3v) is 6.29. The molecule has 0 bridgehead atoms. The van der Waals surface area contributed by atoms with Crippen LogP contribution in [0.25, 0.3) is 0 Å². The molecule has 0 radical (unpaired) electrons. The molecule has 9 N–H and O–H groups in total. The molecular weight excluding hydrogens is 649 g/mol. The van der Waals surface area contributed by atoms with Crippen molar-refractivity contribution in [3.05, 3.63) is 0 Å². The predicted octanol–water partition coefficient (Wildman–Crippen LogP) is -4.02. The van der Waals surface area contributed by atoms with Crippen molar-refractivity contribution in [2.45, 2.75) is 76.7 Å². The van der Waals surface area contributed by atoms with Gasteiger partial charge in [-0.2, -0.15) is 0 Å². The number of nitrogens with two attached hydrogens (primary N) is 1. The molecule has 0 rings (SSSR count). The van der Waals surface area contributed by atoms with Crippen molar-refractivity contribution in [2.24, 2.45) is 5.73 Å². The summed E-state index contributed by atoms with van der Waals surface area (Å²) in [5.74, 6) is -4.91. The summed E-state index contributed by atoms with van der Waals surface area (Å²) in [6.45, 7) is -1.22. The molecule has 268 valence electrons. The molecule has 0 saturated carbocycles. The second kappa shape index (κ2) is 32.1. The molecule has 0 unspecified atom stereocenters. The quantitative estimate of drug-likeness (QED) is 0.0184. The van der Waals surface area contributed by atoms with Crippen molar-refractivity contribution in [1.29, 1.82) is 0 Å². The normalized spacial score (nSPS) is 11.1. The van der Waals surface area contributed by atoms with Crippen molar-refractivity contribution < 1.29 is 102 Å². The van der Waals surface area contributed by atoms with Gasteiger partial charge in [-0.25, -0.2) is 8.42 Å². The van der Waals surface area contributed by atoms with E-state index in [-0.39, 0.29) is 49.3 Å². The van der Waals surface area contributed by atoms with Crippen LogP contribution in [-0.4, -0.2) is 154 Å². The van der Waals surface area contributed by atoms with Gasteiger partial charge in [-0.05, 0) is 6.42 Å². The summed E-state index contributed by atoms with van der Waals surface area (Å²) < 4.78 is 34.5. The second-order valence-corrected chi connectivity index (χ2v) is 11.3. The van der Waals surface area contributed by atoms with E-state index in [0.29, 0.717) is 6.42 Å². The van der Waals surface area contributed by atoms with Crippen LogP contribution in [0.2, 0.25) is 0 Å². The van der Waals surface area contributed by atoms with Crippen LogP contribution in [0.4, 0.5) is 0 Å². The molecule has 0 aliphatic carbocycles. The first-order chi connectivity index (χ1) is 20.9. The number of nitrogens with zero attached hydrogens (tertiary/aromatic N) is 2. The Balaban J connectivity index is -0.000000308. The second-order valence-electron chi connectivity index (χ2n) is 10.2. The average Bonchev–Trinajstić information content (AvgIpc) is 2.93. The van der Waals surface area contributed by atoms with E-state index in [1.807, 2.05) is 0 Å². The van der Waals surface area contributed by atoms with Crippen LogP contribution >= 0.6 is 0 Å². The van der Waals surface area contributed by atoms with Gasteiger partial charge < -0.3 is 46.0 Å². The van der Waals surface area contributed by atoms with Crippen LogP contribution in [-0.2, 0) is 33.8 Å². The summed E-state index contributed by atoms with van der Waals surface area (Å²) in [5.41, 5.74) is 3.94. The molecule has 0 amide bonds. The van der Waals surface area contributed by atoms with Gasteiger partial charge in [0.15, 0.2) is 0 Å². The summed E-state index contributed by atoms with van der Waals surface area (Å²) in [5, 5.41) is 59.5. The molecule has 0 heterocycles. The predicted molar refractivity (Wildman–Crippen MR) is 159 cm³/mol. The number of hydrogen-bond donors (Lipinski definition) is 8. The van der Waals surface area contributed by atoms with Crippen LogP contribution in [0.1, 0.15) is 71.1 Å². The van der Waals surface area contributed by atoms with E-state index in [1.165, 1.54) is 44.9 Å². The summed E-state index contributed by atoms with van der Waals surface area (Å²) in [6, 6.07) is 0. The summed E-state index contributed by atoms with van der Waals surface area (Å²) in [7, 11) is -4.48. The molecule has 18 nitrogen and oxygen atoms in total. The Bertz CT molecular complexity index is 833. The average molecular weight is 702 g/mol. The van der Waals surface area contributed by atoms with Gasteiger partial charge in [0.25, 0.3) is 0 Å². The van der Waals surface area contributed by atoms with Crippen LogP contribution in [0.15, 0.2) is 0 Å². The molecule has 0 spiro atoms. The molecule has 0 aromatic carbocycles. The third-order valence-electron chi connectivity index (χ3n) is 5.84. The first-order valence-electron chi connectivity index (χ1n) is 14.5. The van der Waals surface area contributed by atoms with Gasteiger partial charge in [0.05, 0.1) is 58.1 Å². The fourth-order valence-electron chi connectivity index (χ4n) is 3.38. The monoisotopic (exact) mass is 701 g/mol. The summed E-state index contributed by atoms with van der Waals surface area (Å²) >= 11 is 0. The van der Waals surface area contributed by atoms with E-state index in [2.05, 4.69) is 11.1 Å². The zero-order chi connectivity index (χ0) is 35.3. The zero-order valence-electron chi connectivity index (χ0n) is 26.9. The SMILES string of the molecule is CCCCCCCCCCCCOS(=O)(=O)[O-].NC(CO)(CO)CO.O=C(O)CN(CCN(CC(=O)O)CC(=O)O)CC(=O)O.[Na+]. The van der Waals surface area contributed by atoms with Gasteiger partial charge in [-0.1, -0.05) is 64.7 Å². The number of unbranched alkanes of at least 4 members (excludes halogenated alkanes) is 9. The number of rotatable bonds is 26. The van der Waals surface area contributed by atoms with Crippen LogP contribution in [0, 0.1) is 0 Å². The number of carbonyl (C=O) groups is 4. The third kappa shape index (κ3) is 40.5. The Kier molecular flexibility index (Phi) is 35.8. The zero-order valence-corrected chi connectivity index (χ0v) is 29.7. The van der Waals surface area contributed by atoms with Crippen molar-refractivity contribution in [1.82, 2.24) is 9.80 Å². The Morgan fingerprint density at radius 1 is 0.652 bits per heavy atom. The van der Waals surface area contributed by atoms with E-state index in [9.17, 15) is 32.1 Å².